The van der Waals surface area contributed by atoms with E-state index < -0.39 is 0 Å². The van der Waals surface area contributed by atoms with Gasteiger partial charge in [0.05, 0.1) is 18.1 Å². The zero-order valence-electron chi connectivity index (χ0n) is 13.7. The molecule has 0 bridgehead atoms. The fraction of sp³-hybridized carbons (Fsp3) is 0.571. The maximum atomic E-state index is 8.61. The summed E-state index contributed by atoms with van der Waals surface area (Å²) in [6.45, 7) is 5.80. The predicted molar refractivity (Wildman–Crippen MR) is 86.6 cm³/mol. The smallest absolute Gasteiger partial charge is 0.165 e. The van der Waals surface area contributed by atoms with E-state index in [1.165, 1.54) is 6.33 Å². The molecule has 24 heavy (non-hydrogen) atoms. The summed E-state index contributed by atoms with van der Waals surface area (Å²) in [5, 5.41) is 7.59. The number of oxime groups is 1. The Morgan fingerprint density at radius 3 is 3.00 bits per heavy atom. The molecule has 126 valence electrons. The molecule has 3 heterocycles. The molecule has 1 saturated heterocycles. The first-order valence-electron chi connectivity index (χ1n) is 7.69. The van der Waals surface area contributed by atoms with Gasteiger partial charge in [0.1, 0.15) is 18.1 Å². The summed E-state index contributed by atoms with van der Waals surface area (Å²) in [7, 11) is 0. The maximum absolute atomic E-state index is 8.61. The summed E-state index contributed by atoms with van der Waals surface area (Å²) in [6.07, 6.45) is 3.93. The van der Waals surface area contributed by atoms with Crippen molar-refractivity contribution in [2.24, 2.45) is 10.3 Å². The van der Waals surface area contributed by atoms with Crippen LogP contribution in [0.25, 0.3) is 21.6 Å². The van der Waals surface area contributed by atoms with Gasteiger partial charge in [-0.1, -0.05) is 12.1 Å². The van der Waals surface area contributed by atoms with E-state index in [4.69, 9.17) is 15.1 Å². The zero-order valence-corrected chi connectivity index (χ0v) is 13.7. The first-order valence-corrected chi connectivity index (χ1v) is 7.69. The molecule has 0 saturated carbocycles. The van der Waals surface area contributed by atoms with Crippen molar-refractivity contribution < 1.29 is 9.57 Å². The zero-order chi connectivity index (χ0) is 17.1. The number of azide groups is 1. The van der Waals surface area contributed by atoms with Gasteiger partial charge in [-0.25, -0.2) is 15.0 Å². The van der Waals surface area contributed by atoms with Gasteiger partial charge in [0.15, 0.2) is 17.6 Å². The van der Waals surface area contributed by atoms with E-state index >= 15 is 0 Å². The van der Waals surface area contributed by atoms with Gasteiger partial charge in [-0.2, -0.15) is 0 Å². The molecule has 0 spiro atoms. The highest BCUT2D eigenvalue weighted by molar-refractivity contribution is 5.80. The van der Waals surface area contributed by atoms with Crippen LogP contribution in [0.2, 0.25) is 0 Å². The van der Waals surface area contributed by atoms with Crippen LogP contribution in [0.4, 0.5) is 5.82 Å². The third kappa shape index (κ3) is 3.01. The van der Waals surface area contributed by atoms with Crippen LogP contribution < -0.4 is 0 Å². The van der Waals surface area contributed by atoms with Gasteiger partial charge >= 0.3 is 0 Å². The molecule has 0 aromatic carbocycles. The Kier molecular flexibility index (Phi) is 4.59. The Labute approximate surface area is 138 Å². The van der Waals surface area contributed by atoms with Crippen LogP contribution in [0, 0.1) is 0 Å². The molecule has 2 aromatic rings. The average Bonchev–Trinajstić information content (AvgIpc) is 3.17. The van der Waals surface area contributed by atoms with E-state index in [1.54, 1.807) is 6.33 Å². The fourth-order valence-corrected chi connectivity index (χ4v) is 2.68. The Bertz CT molecular complexity index is 806. The van der Waals surface area contributed by atoms with Crippen molar-refractivity contribution in [3.8, 4) is 0 Å². The van der Waals surface area contributed by atoms with E-state index in [0.717, 1.165) is 12.1 Å². The van der Waals surface area contributed by atoms with Crippen molar-refractivity contribution in [1.82, 2.24) is 19.5 Å². The van der Waals surface area contributed by atoms with Crippen molar-refractivity contribution in [3.05, 3.63) is 23.1 Å². The molecule has 2 aromatic heterocycles. The molecule has 3 rings (SSSR count). The molecule has 0 N–H and O–H groups in total. The van der Waals surface area contributed by atoms with Crippen molar-refractivity contribution in [1.29, 1.82) is 0 Å². The number of imidazole rings is 1. The molecule has 10 nitrogen and oxygen atoms in total. The van der Waals surface area contributed by atoms with Crippen LogP contribution in [0.1, 0.15) is 39.8 Å². The lowest BCUT2D eigenvalue weighted by atomic mass is 10.1. The molecule has 1 fully saturated rings. The van der Waals surface area contributed by atoms with Gasteiger partial charge in [-0.05, 0) is 30.9 Å². The minimum Gasteiger partial charge on any atom is -0.390 e. The predicted octanol–water partition coefficient (Wildman–Crippen LogP) is 3.25. The summed E-state index contributed by atoms with van der Waals surface area (Å²) in [5.41, 5.74) is 10.5. The van der Waals surface area contributed by atoms with Gasteiger partial charge in [0, 0.05) is 11.3 Å². The summed E-state index contributed by atoms with van der Waals surface area (Å²) in [4.78, 5) is 20.8. The quantitative estimate of drug-likeness (QED) is 0.274. The van der Waals surface area contributed by atoms with Crippen LogP contribution in [0.5, 0.6) is 0 Å². The topological polar surface area (TPSA) is 123 Å². The second-order valence-electron chi connectivity index (χ2n) is 5.67. The van der Waals surface area contributed by atoms with Crippen molar-refractivity contribution in [3.63, 3.8) is 0 Å². The summed E-state index contributed by atoms with van der Waals surface area (Å²) in [6, 6.07) is 0. The van der Waals surface area contributed by atoms with Crippen LogP contribution in [-0.2, 0) is 9.57 Å². The number of rotatable bonds is 5. The molecule has 10 heteroatoms. The number of fused-ring (bicyclic) bond motifs is 1. The Hall–Kier alpha value is -2.71. The van der Waals surface area contributed by atoms with Crippen LogP contribution in [0.3, 0.4) is 0 Å². The van der Waals surface area contributed by atoms with E-state index in [0.29, 0.717) is 17.6 Å². The van der Waals surface area contributed by atoms with E-state index in [9.17, 15) is 0 Å². The largest absolute Gasteiger partial charge is 0.390 e. The highest BCUT2D eigenvalue weighted by atomic mass is 16.7. The van der Waals surface area contributed by atoms with Gasteiger partial charge in [0.2, 0.25) is 0 Å². The van der Waals surface area contributed by atoms with Crippen molar-refractivity contribution >= 4 is 22.7 Å². The number of aromatic nitrogens is 4. The second kappa shape index (κ2) is 6.81. The van der Waals surface area contributed by atoms with Gasteiger partial charge in [0.25, 0.3) is 0 Å². The van der Waals surface area contributed by atoms with Crippen LogP contribution >= 0.6 is 0 Å². The summed E-state index contributed by atoms with van der Waals surface area (Å²) >= 11 is 0. The third-order valence-corrected chi connectivity index (χ3v) is 3.74. The molecule has 1 aliphatic rings. The third-order valence-electron chi connectivity index (χ3n) is 3.74. The average molecular weight is 330 g/mol. The Morgan fingerprint density at radius 2 is 2.29 bits per heavy atom. The second-order valence-corrected chi connectivity index (χ2v) is 5.67. The van der Waals surface area contributed by atoms with Crippen LogP contribution in [0.15, 0.2) is 22.9 Å². The first-order chi connectivity index (χ1) is 11.6. The minimum atomic E-state index is -0.272. The molecule has 0 radical (unpaired) electrons. The number of hydrogen-bond acceptors (Lipinski definition) is 7. The van der Waals surface area contributed by atoms with Gasteiger partial charge in [-0.3, -0.25) is 4.57 Å². The monoisotopic (exact) mass is 330 g/mol. The Morgan fingerprint density at radius 1 is 1.46 bits per heavy atom. The molecular formula is C14H18N8O2. The highest BCUT2D eigenvalue weighted by Crippen LogP contribution is 2.34. The summed E-state index contributed by atoms with van der Waals surface area (Å²) < 4.78 is 7.88. The number of nitrogens with zero attached hydrogens (tertiary/aromatic N) is 8. The molecular weight excluding hydrogens is 312 g/mol. The molecule has 0 amide bonds. The van der Waals surface area contributed by atoms with E-state index in [-0.39, 0.29) is 24.3 Å². The van der Waals surface area contributed by atoms with E-state index in [1.807, 2.05) is 25.3 Å². The normalized spacial score (nSPS) is 23.0. The van der Waals surface area contributed by atoms with Gasteiger partial charge in [-0.15, -0.1) is 0 Å². The fourth-order valence-electron chi connectivity index (χ4n) is 2.68. The van der Waals surface area contributed by atoms with Crippen molar-refractivity contribution in [2.45, 2.75) is 52.0 Å². The number of hydrogen-bond donors (Lipinski definition) is 0. The van der Waals surface area contributed by atoms with Crippen molar-refractivity contribution in [2.75, 3.05) is 0 Å². The minimum absolute atomic E-state index is 0.0611. The lowest BCUT2D eigenvalue weighted by Crippen LogP contribution is -2.21. The lowest BCUT2D eigenvalue weighted by Gasteiger charge is -2.14. The van der Waals surface area contributed by atoms with Gasteiger partial charge < -0.3 is 9.57 Å². The molecule has 3 atom stereocenters. The molecule has 1 aliphatic heterocycles. The highest BCUT2D eigenvalue weighted by Gasteiger charge is 2.38. The number of ether oxygens (including phenoxy) is 1. The van der Waals surface area contributed by atoms with E-state index in [2.05, 4.69) is 30.1 Å². The first kappa shape index (κ1) is 16.2. The van der Waals surface area contributed by atoms with Crippen LogP contribution in [-0.4, -0.2) is 37.4 Å². The lowest BCUT2D eigenvalue weighted by molar-refractivity contribution is -0.0375. The molecule has 0 aliphatic carbocycles. The Balaban J connectivity index is 1.90. The molecule has 1 unspecified atom stereocenters. The SMILES string of the molecule is CC[C@H]1O[C@@H](n2cnc3c(N=[N+]=[N-])ncnc32)CC1ON=C(C)C. The standard InChI is InChI=1S/C14H18N8O2/c1-4-9-10(24-20-8(2)3)5-11(23-9)22-7-18-12-13(19-21-15)16-6-17-14(12)22/h6-7,9-11H,4-5H2,1-3H3/t9-,10?,11-/m1/s1. The summed E-state index contributed by atoms with van der Waals surface area (Å²) in [5.74, 6) is 0.199. The maximum Gasteiger partial charge on any atom is 0.165 e.